The molecule has 6 rings (SSSR count). The Balaban J connectivity index is 1.02. The lowest BCUT2D eigenvalue weighted by atomic mass is 10.0. The van der Waals surface area contributed by atoms with Gasteiger partial charge in [-0.25, -0.2) is 4.98 Å². The smallest absolute Gasteiger partial charge is 0.253 e. The van der Waals surface area contributed by atoms with Crippen LogP contribution in [0.5, 0.6) is 5.75 Å². The summed E-state index contributed by atoms with van der Waals surface area (Å²) in [7, 11) is 0. The third-order valence-corrected chi connectivity index (χ3v) is 8.54. The van der Waals surface area contributed by atoms with Crippen LogP contribution in [0.2, 0.25) is 0 Å². The number of pyridine rings is 2. The van der Waals surface area contributed by atoms with Crippen LogP contribution in [0.1, 0.15) is 57.5 Å². The first-order chi connectivity index (χ1) is 21.5. The van der Waals surface area contributed by atoms with Crippen molar-refractivity contribution in [2.24, 2.45) is 0 Å². The van der Waals surface area contributed by atoms with Crippen LogP contribution in [0.3, 0.4) is 0 Å². The zero-order chi connectivity index (χ0) is 30.3. The summed E-state index contributed by atoms with van der Waals surface area (Å²) in [5.74, 6) is 0.705. The van der Waals surface area contributed by atoms with Crippen molar-refractivity contribution < 1.29 is 14.3 Å². The number of nitrogens with one attached hydrogen (secondary N) is 1. The number of carbonyl (C=O) groups excluding carboxylic acids is 2. The zero-order valence-electron chi connectivity index (χ0n) is 24.8. The van der Waals surface area contributed by atoms with Gasteiger partial charge in [0.2, 0.25) is 0 Å². The predicted molar refractivity (Wildman–Crippen MR) is 170 cm³/mol. The molecular formula is C35H38N6O3. The molecule has 226 valence electrons. The Morgan fingerprint density at radius 3 is 2.30 bits per heavy atom. The van der Waals surface area contributed by atoms with Crippen molar-refractivity contribution >= 4 is 17.6 Å². The van der Waals surface area contributed by atoms with Crippen molar-refractivity contribution in [2.75, 3.05) is 31.9 Å². The third kappa shape index (κ3) is 7.06. The maximum Gasteiger partial charge on any atom is 0.253 e. The number of benzene rings is 2. The van der Waals surface area contributed by atoms with Crippen LogP contribution >= 0.6 is 0 Å². The first-order valence-electron chi connectivity index (χ1n) is 15.3. The summed E-state index contributed by atoms with van der Waals surface area (Å²) in [5, 5.41) is 2.90. The van der Waals surface area contributed by atoms with Crippen LogP contribution in [-0.2, 0) is 13.2 Å². The van der Waals surface area contributed by atoms with E-state index in [9.17, 15) is 9.59 Å². The SMILES string of the molecule is Nc1ncc(-c2ccc(C(=O)N3CCC(N4CCCC4)CC3)cc2)cc1OCc1ccc(C(=O)NCc2cccnc2)cc1. The van der Waals surface area contributed by atoms with Crippen LogP contribution in [0.4, 0.5) is 5.82 Å². The van der Waals surface area contributed by atoms with Crippen LogP contribution < -0.4 is 15.8 Å². The van der Waals surface area contributed by atoms with E-state index in [4.69, 9.17) is 10.5 Å². The molecular weight excluding hydrogens is 552 g/mol. The van der Waals surface area contributed by atoms with Gasteiger partial charge in [0, 0.05) is 61.0 Å². The molecule has 0 spiro atoms. The number of likely N-dealkylation sites (tertiary alicyclic amines) is 2. The molecule has 0 bridgehead atoms. The average Bonchev–Trinajstić information content (AvgIpc) is 3.63. The van der Waals surface area contributed by atoms with E-state index in [1.165, 1.54) is 25.9 Å². The van der Waals surface area contributed by atoms with Crippen LogP contribution in [0, 0.1) is 0 Å². The monoisotopic (exact) mass is 590 g/mol. The third-order valence-electron chi connectivity index (χ3n) is 8.54. The van der Waals surface area contributed by atoms with Gasteiger partial charge < -0.3 is 25.6 Å². The Bertz CT molecular complexity index is 1560. The number of ether oxygens (including phenoxy) is 1. The number of aromatic nitrogens is 2. The molecule has 2 aliphatic rings. The molecule has 2 aromatic carbocycles. The lowest BCUT2D eigenvalue weighted by Crippen LogP contribution is -2.45. The number of amides is 2. The van der Waals surface area contributed by atoms with Crippen molar-refractivity contribution in [2.45, 2.75) is 44.9 Å². The molecule has 44 heavy (non-hydrogen) atoms. The number of carbonyl (C=O) groups is 2. The van der Waals surface area contributed by atoms with Crippen molar-refractivity contribution in [1.29, 1.82) is 0 Å². The van der Waals surface area contributed by atoms with Gasteiger partial charge >= 0.3 is 0 Å². The number of piperidine rings is 1. The minimum absolute atomic E-state index is 0.0906. The van der Waals surface area contributed by atoms with Gasteiger partial charge in [0.05, 0.1) is 0 Å². The van der Waals surface area contributed by atoms with Crippen LogP contribution in [0.25, 0.3) is 11.1 Å². The number of anilines is 1. The normalized spacial score (nSPS) is 15.7. The van der Waals surface area contributed by atoms with Gasteiger partial charge in [-0.05, 0) is 91.9 Å². The molecule has 2 fully saturated rings. The van der Waals surface area contributed by atoms with Crippen molar-refractivity contribution in [3.05, 3.63) is 108 Å². The van der Waals surface area contributed by atoms with Crippen LogP contribution in [-0.4, -0.2) is 63.8 Å². The molecule has 3 N–H and O–H groups in total. The van der Waals surface area contributed by atoms with Gasteiger partial charge in [-0.3, -0.25) is 14.6 Å². The van der Waals surface area contributed by atoms with E-state index in [2.05, 4.69) is 20.2 Å². The highest BCUT2D eigenvalue weighted by atomic mass is 16.5. The number of nitrogen functional groups attached to an aromatic ring is 1. The Hall–Kier alpha value is -4.76. The number of rotatable bonds is 9. The quantitative estimate of drug-likeness (QED) is 0.284. The molecule has 0 saturated carbocycles. The summed E-state index contributed by atoms with van der Waals surface area (Å²) >= 11 is 0. The number of hydrogen-bond acceptors (Lipinski definition) is 7. The summed E-state index contributed by atoms with van der Waals surface area (Å²) in [5.41, 5.74) is 11.0. The zero-order valence-corrected chi connectivity index (χ0v) is 24.8. The summed E-state index contributed by atoms with van der Waals surface area (Å²) < 4.78 is 6.02. The molecule has 9 heteroatoms. The first kappa shape index (κ1) is 29.3. The second-order valence-corrected chi connectivity index (χ2v) is 11.5. The van der Waals surface area contributed by atoms with E-state index in [1.54, 1.807) is 30.7 Å². The summed E-state index contributed by atoms with van der Waals surface area (Å²) in [6.45, 7) is 4.72. The second kappa shape index (κ2) is 13.7. The number of nitrogens with two attached hydrogens (primary N) is 1. The molecule has 2 saturated heterocycles. The van der Waals surface area contributed by atoms with Crippen molar-refractivity contribution in [3.8, 4) is 16.9 Å². The molecule has 4 heterocycles. The summed E-state index contributed by atoms with van der Waals surface area (Å²) in [6.07, 6.45) is 9.84. The molecule has 0 unspecified atom stereocenters. The fourth-order valence-electron chi connectivity index (χ4n) is 5.96. The van der Waals surface area contributed by atoms with E-state index in [0.717, 1.165) is 48.2 Å². The molecule has 0 atom stereocenters. The standard InChI is InChI=1S/C35H38N6O3/c36-33-32(44-24-25-5-7-28(8-6-25)34(42)39-22-26-4-3-15-37-21-26)20-30(23-38-33)27-9-11-29(12-10-27)35(43)41-18-13-31(14-19-41)40-16-1-2-17-40/h3-12,15,20-21,23,31H,1-2,13-14,16-19,22,24H2,(H2,36,38)(H,39,42). The van der Waals surface area contributed by atoms with Gasteiger partial charge in [-0.1, -0.05) is 30.3 Å². The number of hydrogen-bond donors (Lipinski definition) is 2. The molecule has 2 amide bonds. The van der Waals surface area contributed by atoms with E-state index >= 15 is 0 Å². The van der Waals surface area contributed by atoms with E-state index in [-0.39, 0.29) is 18.4 Å². The Morgan fingerprint density at radius 2 is 1.59 bits per heavy atom. The summed E-state index contributed by atoms with van der Waals surface area (Å²) in [4.78, 5) is 38.7. The summed E-state index contributed by atoms with van der Waals surface area (Å²) in [6, 6.07) is 21.2. The maximum atomic E-state index is 13.2. The molecule has 0 aliphatic carbocycles. The lowest BCUT2D eigenvalue weighted by Gasteiger charge is -2.36. The van der Waals surface area contributed by atoms with E-state index < -0.39 is 0 Å². The number of nitrogens with zero attached hydrogens (tertiary/aromatic N) is 4. The fraction of sp³-hybridized carbons (Fsp3) is 0.314. The lowest BCUT2D eigenvalue weighted by molar-refractivity contribution is 0.0644. The Labute approximate surface area is 258 Å². The Kier molecular flexibility index (Phi) is 9.12. The average molecular weight is 591 g/mol. The van der Waals surface area contributed by atoms with Gasteiger partial charge in [-0.15, -0.1) is 0 Å². The minimum atomic E-state index is -0.155. The van der Waals surface area contributed by atoms with Gasteiger partial charge in [0.1, 0.15) is 6.61 Å². The fourth-order valence-corrected chi connectivity index (χ4v) is 5.96. The van der Waals surface area contributed by atoms with Gasteiger partial charge in [0.25, 0.3) is 11.8 Å². The molecule has 9 nitrogen and oxygen atoms in total. The topological polar surface area (TPSA) is 114 Å². The van der Waals surface area contributed by atoms with Crippen molar-refractivity contribution in [3.63, 3.8) is 0 Å². The highest BCUT2D eigenvalue weighted by Crippen LogP contribution is 2.29. The van der Waals surface area contributed by atoms with Gasteiger partial charge in [-0.2, -0.15) is 0 Å². The van der Waals surface area contributed by atoms with E-state index in [1.807, 2.05) is 59.5 Å². The first-order valence-corrected chi connectivity index (χ1v) is 15.3. The molecule has 2 aliphatic heterocycles. The maximum absolute atomic E-state index is 13.2. The highest BCUT2D eigenvalue weighted by Gasteiger charge is 2.28. The molecule has 0 radical (unpaired) electrons. The minimum Gasteiger partial charge on any atom is -0.485 e. The highest BCUT2D eigenvalue weighted by molar-refractivity contribution is 5.95. The van der Waals surface area contributed by atoms with Crippen molar-refractivity contribution in [1.82, 2.24) is 25.1 Å². The van der Waals surface area contributed by atoms with E-state index in [0.29, 0.717) is 35.3 Å². The largest absolute Gasteiger partial charge is 0.485 e. The van der Waals surface area contributed by atoms with Gasteiger partial charge in [0.15, 0.2) is 11.6 Å². The Morgan fingerprint density at radius 1 is 0.864 bits per heavy atom. The molecule has 2 aromatic heterocycles. The predicted octanol–water partition coefficient (Wildman–Crippen LogP) is 4.94. The second-order valence-electron chi connectivity index (χ2n) is 11.5. The van der Waals surface area contributed by atoms with Crippen LogP contribution in [0.15, 0.2) is 85.3 Å². The molecule has 4 aromatic rings.